The van der Waals surface area contributed by atoms with Gasteiger partial charge in [-0.05, 0) is 11.1 Å². The molecule has 0 N–H and O–H groups in total. The van der Waals surface area contributed by atoms with Crippen LogP contribution in [0.4, 0.5) is 0 Å². The molecule has 0 fully saturated rings. The number of nitrogens with zero attached hydrogens (tertiary/aromatic N) is 1. The number of rotatable bonds is 2. The SMILES string of the molecule is O=CC(=O)C1c2ccccc2CN1I. The van der Waals surface area contributed by atoms with Gasteiger partial charge in [0.25, 0.3) is 0 Å². The molecule has 0 aliphatic carbocycles. The third kappa shape index (κ3) is 1.48. The Kier molecular flexibility index (Phi) is 2.64. The molecule has 0 saturated carbocycles. The Bertz CT molecular complexity index is 391. The largest absolute Gasteiger partial charge is 0.295 e. The fourth-order valence-electron chi connectivity index (χ4n) is 1.71. The van der Waals surface area contributed by atoms with Crippen molar-refractivity contribution in [2.75, 3.05) is 0 Å². The highest BCUT2D eigenvalue weighted by Crippen LogP contribution is 2.36. The summed E-state index contributed by atoms with van der Waals surface area (Å²) in [5.41, 5.74) is 2.08. The van der Waals surface area contributed by atoms with Crippen LogP contribution < -0.4 is 0 Å². The van der Waals surface area contributed by atoms with Crippen molar-refractivity contribution in [2.45, 2.75) is 12.6 Å². The molecule has 4 heteroatoms. The molecule has 0 radical (unpaired) electrons. The molecule has 0 spiro atoms. The van der Waals surface area contributed by atoms with Crippen LogP contribution >= 0.6 is 22.9 Å². The van der Waals surface area contributed by atoms with Crippen LogP contribution in [0.3, 0.4) is 0 Å². The average molecular weight is 301 g/mol. The van der Waals surface area contributed by atoms with Crippen LogP contribution in [0.15, 0.2) is 24.3 Å². The first-order valence-corrected chi connectivity index (χ1v) is 5.20. The summed E-state index contributed by atoms with van der Waals surface area (Å²) in [6, 6.07) is 7.33. The average Bonchev–Trinajstić information content (AvgIpc) is 2.53. The number of carbonyl (C=O) groups is 2. The van der Waals surface area contributed by atoms with Crippen molar-refractivity contribution in [3.05, 3.63) is 35.4 Å². The van der Waals surface area contributed by atoms with Gasteiger partial charge < -0.3 is 0 Å². The summed E-state index contributed by atoms with van der Waals surface area (Å²) < 4.78 is 1.86. The van der Waals surface area contributed by atoms with E-state index in [1.165, 1.54) is 0 Å². The van der Waals surface area contributed by atoms with E-state index < -0.39 is 0 Å². The third-order valence-corrected chi connectivity index (χ3v) is 3.24. The van der Waals surface area contributed by atoms with Gasteiger partial charge >= 0.3 is 0 Å². The summed E-state index contributed by atoms with van der Waals surface area (Å²) >= 11 is 2.08. The van der Waals surface area contributed by atoms with Crippen molar-refractivity contribution in [3.8, 4) is 0 Å². The first-order valence-electron chi connectivity index (χ1n) is 4.23. The molecular formula is C10H8INO2. The fraction of sp³-hybridized carbons (Fsp3) is 0.200. The number of halogens is 1. The minimum Gasteiger partial charge on any atom is -0.295 e. The van der Waals surface area contributed by atoms with Crippen LogP contribution in [-0.4, -0.2) is 15.2 Å². The molecule has 0 bridgehead atoms. The second kappa shape index (κ2) is 3.78. The molecule has 1 aromatic rings. The molecular weight excluding hydrogens is 293 g/mol. The van der Waals surface area contributed by atoms with Gasteiger partial charge in [-0.15, -0.1) is 0 Å². The highest BCUT2D eigenvalue weighted by atomic mass is 127. The predicted molar refractivity (Wildman–Crippen MR) is 59.8 cm³/mol. The van der Waals surface area contributed by atoms with Crippen molar-refractivity contribution >= 4 is 34.9 Å². The van der Waals surface area contributed by atoms with E-state index in [0.29, 0.717) is 6.29 Å². The molecule has 0 saturated heterocycles. The minimum absolute atomic E-state index is 0.371. The Labute approximate surface area is 95.6 Å². The Hall–Kier alpha value is -0.750. The van der Waals surface area contributed by atoms with Crippen molar-refractivity contribution < 1.29 is 9.59 Å². The fourth-order valence-corrected chi connectivity index (χ4v) is 2.65. The lowest BCUT2D eigenvalue weighted by Crippen LogP contribution is -2.20. The Morgan fingerprint density at radius 3 is 2.93 bits per heavy atom. The van der Waals surface area contributed by atoms with Gasteiger partial charge in [-0.1, -0.05) is 24.3 Å². The number of aldehydes is 1. The van der Waals surface area contributed by atoms with Gasteiger partial charge in [-0.3, -0.25) is 9.59 Å². The molecule has 0 amide bonds. The van der Waals surface area contributed by atoms with Gasteiger partial charge in [0.1, 0.15) is 6.04 Å². The van der Waals surface area contributed by atoms with Crippen molar-refractivity contribution in [1.82, 2.24) is 3.11 Å². The molecule has 2 rings (SSSR count). The molecule has 1 aromatic carbocycles. The van der Waals surface area contributed by atoms with Gasteiger partial charge in [-0.2, -0.15) is 0 Å². The first kappa shape index (κ1) is 9.79. The van der Waals surface area contributed by atoms with Crippen LogP contribution in [0.25, 0.3) is 0 Å². The third-order valence-electron chi connectivity index (χ3n) is 2.34. The lowest BCUT2D eigenvalue weighted by Gasteiger charge is -2.13. The van der Waals surface area contributed by atoms with E-state index in [2.05, 4.69) is 22.9 Å². The van der Waals surface area contributed by atoms with Crippen molar-refractivity contribution in [2.24, 2.45) is 0 Å². The normalized spacial score (nSPS) is 20.5. The van der Waals surface area contributed by atoms with Crippen molar-refractivity contribution in [1.29, 1.82) is 0 Å². The summed E-state index contributed by atoms with van der Waals surface area (Å²) in [5.74, 6) is -0.371. The zero-order valence-corrected chi connectivity index (χ0v) is 9.47. The molecule has 14 heavy (non-hydrogen) atoms. The number of Topliss-reactive ketones (excluding diaryl/α,β-unsaturated/α-hetero) is 1. The number of fused-ring (bicyclic) bond motifs is 1. The standard InChI is InChI=1S/C10H8INO2/c11-12-5-7-3-1-2-4-8(7)10(12)9(14)6-13/h1-4,6,10H,5H2. The summed E-state index contributed by atoms with van der Waals surface area (Å²) in [6.07, 6.45) is 0.401. The van der Waals surface area contributed by atoms with Crippen LogP contribution in [0.2, 0.25) is 0 Å². The van der Waals surface area contributed by atoms with E-state index in [1.54, 1.807) is 0 Å². The number of hydrogen-bond acceptors (Lipinski definition) is 3. The van der Waals surface area contributed by atoms with Gasteiger partial charge in [0, 0.05) is 29.4 Å². The Morgan fingerprint density at radius 2 is 2.21 bits per heavy atom. The Morgan fingerprint density at radius 1 is 1.50 bits per heavy atom. The second-order valence-electron chi connectivity index (χ2n) is 3.18. The molecule has 1 aliphatic rings. The van der Waals surface area contributed by atoms with Gasteiger partial charge in [0.05, 0.1) is 0 Å². The monoisotopic (exact) mass is 301 g/mol. The number of carbonyl (C=O) groups excluding carboxylic acids is 2. The number of ketones is 1. The maximum absolute atomic E-state index is 11.4. The van der Waals surface area contributed by atoms with Gasteiger partial charge in [0.15, 0.2) is 6.29 Å². The van der Waals surface area contributed by atoms with E-state index in [-0.39, 0.29) is 11.8 Å². The highest BCUT2D eigenvalue weighted by Gasteiger charge is 2.33. The van der Waals surface area contributed by atoms with Gasteiger partial charge in [0.2, 0.25) is 5.78 Å². The van der Waals surface area contributed by atoms with E-state index in [9.17, 15) is 9.59 Å². The first-order chi connectivity index (χ1) is 6.74. The summed E-state index contributed by atoms with van der Waals surface area (Å²) in [7, 11) is 0. The molecule has 0 aromatic heterocycles. The molecule has 72 valence electrons. The molecule has 3 nitrogen and oxygen atoms in total. The molecule has 1 atom stereocenters. The summed E-state index contributed by atoms with van der Waals surface area (Å²) in [5, 5.41) is 0. The van der Waals surface area contributed by atoms with Crippen molar-refractivity contribution in [3.63, 3.8) is 0 Å². The highest BCUT2D eigenvalue weighted by molar-refractivity contribution is 14.1. The molecule has 1 aliphatic heterocycles. The second-order valence-corrected chi connectivity index (χ2v) is 4.42. The summed E-state index contributed by atoms with van der Waals surface area (Å²) in [6.45, 7) is 0.723. The molecule has 1 unspecified atom stereocenters. The van der Waals surface area contributed by atoms with Gasteiger partial charge in [-0.25, -0.2) is 3.11 Å². The van der Waals surface area contributed by atoms with Crippen LogP contribution in [0.1, 0.15) is 17.2 Å². The van der Waals surface area contributed by atoms with E-state index >= 15 is 0 Å². The van der Waals surface area contributed by atoms with E-state index in [0.717, 1.165) is 17.7 Å². The topological polar surface area (TPSA) is 37.4 Å². The lowest BCUT2D eigenvalue weighted by atomic mass is 10.0. The molecule has 1 heterocycles. The predicted octanol–water partition coefficient (Wildman–Crippen LogP) is 1.66. The van der Waals surface area contributed by atoms with Crippen LogP contribution in [0.5, 0.6) is 0 Å². The maximum atomic E-state index is 11.4. The maximum Gasteiger partial charge on any atom is 0.217 e. The van der Waals surface area contributed by atoms with Crippen LogP contribution in [0, 0.1) is 0 Å². The zero-order valence-electron chi connectivity index (χ0n) is 7.31. The quantitative estimate of drug-likeness (QED) is 0.361. The number of hydrogen-bond donors (Lipinski definition) is 0. The minimum atomic E-state index is -0.385. The lowest BCUT2D eigenvalue weighted by molar-refractivity contribution is -0.132. The van der Waals surface area contributed by atoms with E-state index in [1.807, 2.05) is 27.4 Å². The van der Waals surface area contributed by atoms with Crippen LogP contribution in [-0.2, 0) is 16.1 Å². The summed E-state index contributed by atoms with van der Waals surface area (Å²) in [4.78, 5) is 21.8. The Balaban J connectivity index is 2.44. The van der Waals surface area contributed by atoms with E-state index in [4.69, 9.17) is 0 Å². The zero-order chi connectivity index (χ0) is 10.1. The number of benzene rings is 1. The smallest absolute Gasteiger partial charge is 0.217 e.